The number of rotatable bonds is 5. The molecule has 0 atom stereocenters. The van der Waals surface area contributed by atoms with Crippen LogP contribution in [0.4, 0.5) is 10.8 Å². The Morgan fingerprint density at radius 1 is 1.06 bits per heavy atom. The van der Waals surface area contributed by atoms with Crippen LogP contribution in [0.5, 0.6) is 0 Å². The van der Waals surface area contributed by atoms with Crippen molar-refractivity contribution in [1.29, 1.82) is 0 Å². The molecule has 0 aliphatic carbocycles. The Morgan fingerprint density at radius 3 is 2.56 bits per heavy atom. The molecule has 1 aliphatic heterocycles. The largest absolute Gasteiger partial charge is 0.364 e. The average Bonchev–Trinajstić information content (AvgIpc) is 3.54. The molecule has 0 saturated carbocycles. The first-order valence-corrected chi connectivity index (χ1v) is 11.1. The van der Waals surface area contributed by atoms with Crippen molar-refractivity contribution in [2.75, 3.05) is 10.2 Å². The smallest absolute Gasteiger partial charge is 0.266 e. The molecule has 0 fully saturated rings. The number of carbonyl (C=O) groups is 4. The van der Waals surface area contributed by atoms with Gasteiger partial charge in [0, 0.05) is 22.7 Å². The summed E-state index contributed by atoms with van der Waals surface area (Å²) in [5, 5.41) is 4.77. The van der Waals surface area contributed by atoms with E-state index in [-0.39, 0.29) is 22.4 Å². The van der Waals surface area contributed by atoms with Crippen molar-refractivity contribution in [3.8, 4) is 11.3 Å². The van der Waals surface area contributed by atoms with Crippen LogP contribution in [-0.4, -0.2) is 33.6 Å². The first kappa shape index (κ1) is 21.3. The maximum absolute atomic E-state index is 13.0. The van der Waals surface area contributed by atoms with E-state index in [0.717, 1.165) is 10.5 Å². The van der Waals surface area contributed by atoms with E-state index >= 15 is 0 Å². The second-order valence-electron chi connectivity index (χ2n) is 7.65. The van der Waals surface area contributed by atoms with Crippen LogP contribution in [0.25, 0.3) is 11.3 Å². The number of amides is 4. The predicted molar refractivity (Wildman–Crippen MR) is 127 cm³/mol. The molecule has 5 rings (SSSR count). The second-order valence-corrected chi connectivity index (χ2v) is 8.51. The number of nitrogens with one attached hydrogen (secondary N) is 2. The zero-order valence-corrected chi connectivity index (χ0v) is 18.6. The van der Waals surface area contributed by atoms with Gasteiger partial charge in [0.25, 0.3) is 23.6 Å². The molecular formula is C24H17N5O4S. The fourth-order valence-electron chi connectivity index (χ4n) is 3.73. The monoisotopic (exact) mass is 471 g/mol. The normalized spacial score (nSPS) is 12.7. The van der Waals surface area contributed by atoms with Gasteiger partial charge >= 0.3 is 0 Å². The molecule has 0 bridgehead atoms. The fourth-order valence-corrected chi connectivity index (χ4v) is 4.45. The number of thiazole rings is 1. The van der Waals surface area contributed by atoms with Crippen molar-refractivity contribution < 1.29 is 19.2 Å². The second kappa shape index (κ2) is 8.09. The van der Waals surface area contributed by atoms with Crippen LogP contribution in [0.3, 0.4) is 0 Å². The molecule has 9 nitrogen and oxygen atoms in total. The van der Waals surface area contributed by atoms with E-state index in [1.807, 2.05) is 19.1 Å². The molecule has 4 N–H and O–H groups in total. The van der Waals surface area contributed by atoms with Crippen LogP contribution in [0, 0.1) is 6.92 Å². The quantitative estimate of drug-likeness (QED) is 0.382. The maximum Gasteiger partial charge on any atom is 0.266 e. The lowest BCUT2D eigenvalue weighted by Crippen LogP contribution is -2.29. The van der Waals surface area contributed by atoms with E-state index in [1.54, 1.807) is 29.8 Å². The highest BCUT2D eigenvalue weighted by Gasteiger charge is 2.37. The predicted octanol–water partition coefficient (Wildman–Crippen LogP) is 3.60. The Hall–Kier alpha value is -4.57. The van der Waals surface area contributed by atoms with Gasteiger partial charge in [0.05, 0.1) is 22.5 Å². The molecule has 2 aromatic heterocycles. The summed E-state index contributed by atoms with van der Waals surface area (Å²) < 4.78 is 0. The van der Waals surface area contributed by atoms with Crippen LogP contribution in [0.2, 0.25) is 0 Å². The van der Waals surface area contributed by atoms with E-state index in [1.165, 1.54) is 29.5 Å². The molecule has 10 heteroatoms. The minimum atomic E-state index is -0.583. The Labute approximate surface area is 197 Å². The summed E-state index contributed by atoms with van der Waals surface area (Å²) in [4.78, 5) is 58.3. The van der Waals surface area contributed by atoms with Crippen LogP contribution >= 0.6 is 11.3 Å². The number of benzene rings is 2. The first-order chi connectivity index (χ1) is 16.3. The van der Waals surface area contributed by atoms with Gasteiger partial charge in [-0.3, -0.25) is 24.5 Å². The van der Waals surface area contributed by atoms with Crippen molar-refractivity contribution in [2.45, 2.75) is 6.92 Å². The van der Waals surface area contributed by atoms with Gasteiger partial charge in [0.1, 0.15) is 5.69 Å². The Balaban J connectivity index is 1.37. The highest BCUT2D eigenvalue weighted by Crippen LogP contribution is 2.31. The van der Waals surface area contributed by atoms with Gasteiger partial charge in [-0.1, -0.05) is 18.2 Å². The van der Waals surface area contributed by atoms with Crippen molar-refractivity contribution in [3.63, 3.8) is 0 Å². The molecule has 168 valence electrons. The number of para-hydroxylation sites is 1. The van der Waals surface area contributed by atoms with Gasteiger partial charge in [-0.05, 0) is 42.8 Å². The Bertz CT molecular complexity index is 1500. The topological polar surface area (TPSA) is 138 Å². The van der Waals surface area contributed by atoms with Crippen LogP contribution < -0.4 is 16.0 Å². The molecule has 0 unspecified atom stereocenters. The molecular weight excluding hydrogens is 454 g/mol. The number of aromatic amines is 1. The molecule has 3 heterocycles. The van der Waals surface area contributed by atoms with Crippen LogP contribution in [0.15, 0.2) is 60.1 Å². The Morgan fingerprint density at radius 2 is 1.82 bits per heavy atom. The summed E-state index contributed by atoms with van der Waals surface area (Å²) >= 11 is 1.21. The van der Waals surface area contributed by atoms with E-state index < -0.39 is 23.6 Å². The third-order valence-corrected chi connectivity index (χ3v) is 6.23. The molecule has 4 amide bonds. The number of hydrogen-bond donors (Lipinski definition) is 3. The van der Waals surface area contributed by atoms with Gasteiger partial charge in [0.15, 0.2) is 5.13 Å². The van der Waals surface area contributed by atoms with Gasteiger partial charge in [0.2, 0.25) is 0 Å². The van der Waals surface area contributed by atoms with Crippen LogP contribution in [0.1, 0.15) is 47.1 Å². The number of aryl methyl sites for hydroxylation is 1. The van der Waals surface area contributed by atoms with Crippen LogP contribution in [-0.2, 0) is 0 Å². The number of anilines is 2. The summed E-state index contributed by atoms with van der Waals surface area (Å²) in [7, 11) is 0. The lowest BCUT2D eigenvalue weighted by Gasteiger charge is -2.16. The highest BCUT2D eigenvalue weighted by atomic mass is 32.1. The van der Waals surface area contributed by atoms with E-state index in [2.05, 4.69) is 15.3 Å². The zero-order chi connectivity index (χ0) is 24.0. The minimum absolute atomic E-state index is 0.173. The lowest BCUT2D eigenvalue weighted by molar-refractivity contribution is 0.0923. The molecule has 0 saturated heterocycles. The highest BCUT2D eigenvalue weighted by molar-refractivity contribution is 7.14. The number of nitrogens with two attached hydrogens (primary N) is 1. The molecule has 34 heavy (non-hydrogen) atoms. The standard InChI is InChI=1S/C24H17N5O4S/c1-12-4-2-3-5-19(12)29-22(32)15-7-6-13(8-16(15)23(29)33)21(31)28-24-27-18(11-34-24)14-9-17(20(25)30)26-10-14/h2-11,26H,1H3,(H2,25,30)(H,27,28,31). The SMILES string of the molecule is Cc1ccccc1N1C(=O)c2ccc(C(=O)Nc3nc(-c4c[nH]c(C(N)=O)c4)cs3)cc2C1=O. The van der Waals surface area contributed by atoms with Gasteiger partial charge in [-0.15, -0.1) is 11.3 Å². The number of H-pyrrole nitrogens is 1. The summed E-state index contributed by atoms with van der Waals surface area (Å²) in [6.45, 7) is 1.82. The fraction of sp³-hybridized carbons (Fsp3) is 0.0417. The maximum atomic E-state index is 13.0. The number of nitrogens with zero attached hydrogens (tertiary/aromatic N) is 2. The van der Waals surface area contributed by atoms with Crippen molar-refractivity contribution in [3.05, 3.63) is 88.1 Å². The van der Waals surface area contributed by atoms with Crippen molar-refractivity contribution in [1.82, 2.24) is 9.97 Å². The molecule has 4 aromatic rings. The summed E-state index contributed by atoms with van der Waals surface area (Å²) in [5.41, 5.74) is 8.68. The average molecular weight is 471 g/mol. The number of aromatic nitrogens is 2. The van der Waals surface area contributed by atoms with Gasteiger partial charge in [-0.25, -0.2) is 9.88 Å². The van der Waals surface area contributed by atoms with Gasteiger partial charge in [-0.2, -0.15) is 0 Å². The number of fused-ring (bicyclic) bond motifs is 1. The number of hydrogen-bond acceptors (Lipinski definition) is 6. The minimum Gasteiger partial charge on any atom is -0.364 e. The summed E-state index contributed by atoms with van der Waals surface area (Å²) in [6.07, 6.45) is 1.60. The third-order valence-electron chi connectivity index (χ3n) is 5.47. The lowest BCUT2D eigenvalue weighted by atomic mass is 10.1. The van der Waals surface area contributed by atoms with E-state index in [9.17, 15) is 19.2 Å². The number of imide groups is 1. The molecule has 1 aliphatic rings. The molecule has 0 spiro atoms. The van der Waals surface area contributed by atoms with E-state index in [0.29, 0.717) is 22.1 Å². The molecule has 2 aromatic carbocycles. The summed E-state index contributed by atoms with van der Waals surface area (Å²) in [5.74, 6) is -1.95. The zero-order valence-electron chi connectivity index (χ0n) is 17.8. The van der Waals surface area contributed by atoms with Gasteiger partial charge < -0.3 is 10.7 Å². The number of carbonyl (C=O) groups excluding carboxylic acids is 4. The summed E-state index contributed by atoms with van der Waals surface area (Å²) in [6, 6.07) is 13.1. The number of primary amides is 1. The Kier molecular flexibility index (Phi) is 5.06. The third kappa shape index (κ3) is 3.55. The first-order valence-electron chi connectivity index (χ1n) is 10.2. The van der Waals surface area contributed by atoms with Crippen molar-refractivity contribution in [2.24, 2.45) is 5.73 Å². The molecule has 0 radical (unpaired) electrons. The van der Waals surface area contributed by atoms with E-state index in [4.69, 9.17) is 5.73 Å². The van der Waals surface area contributed by atoms with Crippen molar-refractivity contribution >= 4 is 45.8 Å².